The highest BCUT2D eigenvalue weighted by atomic mass is 32.1. The maximum absolute atomic E-state index is 11.2. The van der Waals surface area contributed by atoms with Crippen molar-refractivity contribution in [3.63, 3.8) is 0 Å². The van der Waals surface area contributed by atoms with E-state index in [0.29, 0.717) is 9.75 Å². The van der Waals surface area contributed by atoms with Crippen LogP contribution in [0.3, 0.4) is 0 Å². The van der Waals surface area contributed by atoms with E-state index in [0.717, 1.165) is 49.0 Å². The summed E-state index contributed by atoms with van der Waals surface area (Å²) in [6, 6.07) is 0. The van der Waals surface area contributed by atoms with Gasteiger partial charge in [-0.3, -0.25) is 0 Å². The Morgan fingerprint density at radius 1 is 0.833 bits per heavy atom. The largest absolute Gasteiger partial charge is 0.465 e. The van der Waals surface area contributed by atoms with Gasteiger partial charge in [0.25, 0.3) is 0 Å². The Balaban J connectivity index is 0.000000171. The lowest BCUT2D eigenvalue weighted by molar-refractivity contribution is 0.0597. The molecule has 30 heavy (non-hydrogen) atoms. The van der Waals surface area contributed by atoms with E-state index in [2.05, 4.69) is 42.2 Å². The second kappa shape index (κ2) is 11.1. The van der Waals surface area contributed by atoms with Gasteiger partial charge in [-0.15, -0.1) is 22.7 Å². The summed E-state index contributed by atoms with van der Waals surface area (Å²) in [5.41, 5.74) is 2.43. The number of esters is 2. The summed E-state index contributed by atoms with van der Waals surface area (Å²) in [5, 5.41) is 8.32. The van der Waals surface area contributed by atoms with Gasteiger partial charge in [-0.05, 0) is 37.1 Å². The molecule has 0 aromatic carbocycles. The molecule has 8 nitrogen and oxygen atoms in total. The van der Waals surface area contributed by atoms with Crippen LogP contribution in [-0.4, -0.2) is 62.3 Å². The van der Waals surface area contributed by atoms with E-state index >= 15 is 0 Å². The molecule has 2 aliphatic heterocycles. The molecule has 0 fully saturated rings. The highest BCUT2D eigenvalue weighted by Gasteiger charge is 2.15. The lowest BCUT2D eigenvalue weighted by Gasteiger charge is -2.10. The van der Waals surface area contributed by atoms with Gasteiger partial charge in [0, 0.05) is 13.1 Å². The van der Waals surface area contributed by atoms with Gasteiger partial charge in [0.2, 0.25) is 0 Å². The fourth-order valence-electron chi connectivity index (χ4n) is 2.87. The quantitative estimate of drug-likeness (QED) is 0.688. The molecule has 0 saturated heterocycles. The van der Waals surface area contributed by atoms with Gasteiger partial charge >= 0.3 is 11.9 Å². The van der Waals surface area contributed by atoms with Crippen LogP contribution in [0.5, 0.6) is 0 Å². The van der Waals surface area contributed by atoms with Crippen molar-refractivity contribution in [2.24, 2.45) is 0 Å². The Morgan fingerprint density at radius 2 is 1.27 bits per heavy atom. The van der Waals surface area contributed by atoms with E-state index in [1.54, 1.807) is 12.4 Å². The molecule has 0 saturated carbocycles. The van der Waals surface area contributed by atoms with Crippen LogP contribution in [0.1, 0.15) is 42.2 Å². The third-order valence-electron chi connectivity index (χ3n) is 4.46. The van der Waals surface area contributed by atoms with Crippen LogP contribution in [-0.2, 0) is 9.47 Å². The van der Waals surface area contributed by atoms with Gasteiger partial charge in [0.05, 0.1) is 26.6 Å². The van der Waals surface area contributed by atoms with Crippen molar-refractivity contribution >= 4 is 45.8 Å². The predicted molar refractivity (Wildman–Crippen MR) is 118 cm³/mol. The number of nitrogens with one attached hydrogen (secondary N) is 2. The van der Waals surface area contributed by atoms with E-state index in [4.69, 9.17) is 0 Å². The topological polar surface area (TPSA) is 102 Å². The molecular formula is C20H24N4O4S2. The summed E-state index contributed by atoms with van der Waals surface area (Å²) in [4.78, 5) is 32.0. The van der Waals surface area contributed by atoms with Crippen LogP contribution in [0.4, 0.5) is 0 Å². The Kier molecular flexibility index (Phi) is 8.26. The Bertz CT molecular complexity index is 872. The summed E-state index contributed by atoms with van der Waals surface area (Å²) in [6.07, 6.45) is 9.32. The number of ether oxygens (including phenoxy) is 2. The molecule has 2 aromatic heterocycles. The third-order valence-corrected chi connectivity index (χ3v) is 6.57. The van der Waals surface area contributed by atoms with Crippen molar-refractivity contribution in [3.05, 3.63) is 44.3 Å². The molecule has 2 N–H and O–H groups in total. The smallest absolute Gasteiger partial charge is 0.349 e. The molecule has 0 atom stereocenters. The number of hydrogen-bond donors (Lipinski definition) is 2. The number of carbonyl (C=O) groups is 2. The van der Waals surface area contributed by atoms with Crippen molar-refractivity contribution in [2.45, 2.75) is 12.8 Å². The molecule has 4 rings (SSSR count). The van der Waals surface area contributed by atoms with E-state index in [9.17, 15) is 9.59 Å². The van der Waals surface area contributed by atoms with Crippen molar-refractivity contribution in [1.82, 2.24) is 20.6 Å². The molecular weight excluding hydrogens is 424 g/mol. The molecule has 0 aliphatic carbocycles. The molecule has 160 valence electrons. The first-order valence-corrected chi connectivity index (χ1v) is 11.1. The van der Waals surface area contributed by atoms with Gasteiger partial charge in [0.1, 0.15) is 19.8 Å². The number of thiazole rings is 2. The molecule has 0 spiro atoms. The number of aromatic nitrogens is 2. The predicted octanol–water partition coefficient (Wildman–Crippen LogP) is 2.61. The minimum Gasteiger partial charge on any atom is -0.465 e. The van der Waals surface area contributed by atoms with E-state index in [-0.39, 0.29) is 11.9 Å². The first kappa shape index (κ1) is 22.3. The minimum atomic E-state index is -0.312. The van der Waals surface area contributed by atoms with Crippen LogP contribution in [0.25, 0.3) is 11.1 Å². The standard InChI is InChI=1S/2C10H12N2O2S/c2*1-14-10(13)8-6-12-9(15-8)7-2-4-11-5-3-7/h2*2,6,11H,3-5H2,1H3. The van der Waals surface area contributed by atoms with Gasteiger partial charge < -0.3 is 20.1 Å². The van der Waals surface area contributed by atoms with Crippen LogP contribution >= 0.6 is 22.7 Å². The third kappa shape index (κ3) is 5.82. The van der Waals surface area contributed by atoms with Crippen LogP contribution in [0.2, 0.25) is 0 Å². The molecule has 0 unspecified atom stereocenters. The highest BCUT2D eigenvalue weighted by molar-refractivity contribution is 7.14. The second-order valence-electron chi connectivity index (χ2n) is 6.41. The lowest BCUT2D eigenvalue weighted by Crippen LogP contribution is -2.19. The maximum atomic E-state index is 11.2. The second-order valence-corrected chi connectivity index (χ2v) is 8.47. The zero-order chi connectivity index (χ0) is 21.3. The summed E-state index contributed by atoms with van der Waals surface area (Å²) in [5.74, 6) is -0.624. The first-order chi connectivity index (χ1) is 14.6. The van der Waals surface area contributed by atoms with Crippen molar-refractivity contribution in [1.29, 1.82) is 0 Å². The van der Waals surface area contributed by atoms with Crippen molar-refractivity contribution in [3.8, 4) is 0 Å². The zero-order valence-electron chi connectivity index (χ0n) is 16.9. The molecule has 4 heterocycles. The Morgan fingerprint density at radius 3 is 1.60 bits per heavy atom. The maximum Gasteiger partial charge on any atom is 0.349 e. The van der Waals surface area contributed by atoms with Gasteiger partial charge in [-0.2, -0.15) is 0 Å². The van der Waals surface area contributed by atoms with Crippen LogP contribution < -0.4 is 10.6 Å². The molecule has 10 heteroatoms. The Hall–Kier alpha value is -2.40. The number of rotatable bonds is 4. The Labute approximate surface area is 183 Å². The van der Waals surface area contributed by atoms with E-state index < -0.39 is 0 Å². The zero-order valence-corrected chi connectivity index (χ0v) is 18.5. The fraction of sp³-hybridized carbons (Fsp3) is 0.400. The molecule has 0 bridgehead atoms. The van der Waals surface area contributed by atoms with Crippen LogP contribution in [0.15, 0.2) is 24.5 Å². The summed E-state index contributed by atoms with van der Waals surface area (Å²) < 4.78 is 9.27. The van der Waals surface area contributed by atoms with Gasteiger partial charge in [0.15, 0.2) is 0 Å². The van der Waals surface area contributed by atoms with Gasteiger partial charge in [-0.25, -0.2) is 19.6 Å². The number of methoxy groups -OCH3 is 2. The summed E-state index contributed by atoms with van der Waals surface area (Å²) in [6.45, 7) is 3.70. The fourth-order valence-corrected chi connectivity index (χ4v) is 4.67. The number of hydrogen-bond acceptors (Lipinski definition) is 10. The molecule has 0 radical (unpaired) electrons. The highest BCUT2D eigenvalue weighted by Crippen LogP contribution is 2.26. The molecule has 2 aliphatic rings. The average molecular weight is 449 g/mol. The monoisotopic (exact) mass is 448 g/mol. The van der Waals surface area contributed by atoms with Crippen molar-refractivity contribution < 1.29 is 19.1 Å². The van der Waals surface area contributed by atoms with E-state index in [1.165, 1.54) is 48.0 Å². The van der Waals surface area contributed by atoms with Crippen molar-refractivity contribution in [2.75, 3.05) is 40.4 Å². The SMILES string of the molecule is COC(=O)c1cnc(C2=CCNCC2)s1.COC(=O)c1cnc(C2=CCNCC2)s1. The average Bonchev–Trinajstić information content (AvgIpc) is 3.50. The number of carbonyl (C=O) groups excluding carboxylic acids is 2. The first-order valence-electron chi connectivity index (χ1n) is 9.51. The van der Waals surface area contributed by atoms with Crippen LogP contribution in [0, 0.1) is 0 Å². The summed E-state index contributed by atoms with van der Waals surface area (Å²) >= 11 is 2.78. The minimum absolute atomic E-state index is 0.312. The normalized spacial score (nSPS) is 15.9. The molecule has 2 aromatic rings. The molecule has 0 amide bonds. The lowest BCUT2D eigenvalue weighted by atomic mass is 10.1. The van der Waals surface area contributed by atoms with E-state index in [1.807, 2.05) is 0 Å². The summed E-state index contributed by atoms with van der Waals surface area (Å²) in [7, 11) is 2.76. The van der Waals surface area contributed by atoms with Gasteiger partial charge in [-0.1, -0.05) is 12.2 Å². The number of nitrogens with zero attached hydrogens (tertiary/aromatic N) is 2.